The molecule has 2 amide bonds. The number of hydrogen-bond donors (Lipinski definition) is 2. The molecule has 0 unspecified atom stereocenters. The summed E-state index contributed by atoms with van der Waals surface area (Å²) >= 11 is 6.07. The standard InChI is InChI=1S/C14H19ClN2O2/c1-2-19-13-8-7-11(9-12(13)15)17-14(18)16-10-5-3-4-6-10/h7-10H,2-6H2,1H3,(H2,16,17,18). The number of hydrogen-bond acceptors (Lipinski definition) is 2. The predicted molar refractivity (Wildman–Crippen MR) is 77.0 cm³/mol. The summed E-state index contributed by atoms with van der Waals surface area (Å²) in [6, 6.07) is 5.37. The van der Waals surface area contributed by atoms with Crippen LogP contribution >= 0.6 is 11.6 Å². The summed E-state index contributed by atoms with van der Waals surface area (Å²) in [7, 11) is 0. The topological polar surface area (TPSA) is 50.4 Å². The predicted octanol–water partition coefficient (Wildman–Crippen LogP) is 3.80. The Bertz CT molecular complexity index is 445. The van der Waals surface area contributed by atoms with E-state index < -0.39 is 0 Å². The lowest BCUT2D eigenvalue weighted by molar-refractivity contribution is 0.248. The van der Waals surface area contributed by atoms with Crippen LogP contribution in [0.4, 0.5) is 10.5 Å². The molecule has 1 saturated carbocycles. The number of anilines is 1. The van der Waals surface area contributed by atoms with Gasteiger partial charge in [-0.25, -0.2) is 4.79 Å². The Labute approximate surface area is 118 Å². The minimum absolute atomic E-state index is 0.174. The zero-order valence-corrected chi connectivity index (χ0v) is 11.8. The second-order valence-corrected chi connectivity index (χ2v) is 5.07. The minimum atomic E-state index is -0.174. The number of rotatable bonds is 4. The summed E-state index contributed by atoms with van der Waals surface area (Å²) in [5.41, 5.74) is 0.670. The van der Waals surface area contributed by atoms with Crippen LogP contribution in [0.5, 0.6) is 5.75 Å². The third kappa shape index (κ3) is 4.03. The van der Waals surface area contributed by atoms with E-state index in [1.54, 1.807) is 18.2 Å². The number of halogens is 1. The highest BCUT2D eigenvalue weighted by Gasteiger charge is 2.17. The molecule has 5 heteroatoms. The van der Waals surface area contributed by atoms with Gasteiger partial charge in [0.05, 0.1) is 11.6 Å². The highest BCUT2D eigenvalue weighted by atomic mass is 35.5. The monoisotopic (exact) mass is 282 g/mol. The highest BCUT2D eigenvalue weighted by molar-refractivity contribution is 6.32. The number of benzene rings is 1. The first kappa shape index (κ1) is 14.0. The van der Waals surface area contributed by atoms with Gasteiger partial charge >= 0.3 is 6.03 Å². The summed E-state index contributed by atoms with van der Waals surface area (Å²) in [5, 5.41) is 6.25. The van der Waals surface area contributed by atoms with Gasteiger partial charge in [0, 0.05) is 11.7 Å². The molecule has 0 aromatic heterocycles. The maximum absolute atomic E-state index is 11.8. The van der Waals surface area contributed by atoms with Crippen molar-refractivity contribution in [1.82, 2.24) is 5.32 Å². The van der Waals surface area contributed by atoms with Gasteiger partial charge in [-0.3, -0.25) is 0 Å². The molecule has 1 aliphatic carbocycles. The fourth-order valence-electron chi connectivity index (χ4n) is 2.27. The smallest absolute Gasteiger partial charge is 0.319 e. The molecular formula is C14H19ClN2O2. The number of urea groups is 1. The first-order valence-corrected chi connectivity index (χ1v) is 7.06. The number of carbonyl (C=O) groups is 1. The Morgan fingerprint density at radius 3 is 2.79 bits per heavy atom. The van der Waals surface area contributed by atoms with Crippen molar-refractivity contribution in [2.45, 2.75) is 38.6 Å². The van der Waals surface area contributed by atoms with E-state index in [2.05, 4.69) is 10.6 Å². The van der Waals surface area contributed by atoms with Crippen LogP contribution in [0.1, 0.15) is 32.6 Å². The Balaban J connectivity index is 1.91. The Morgan fingerprint density at radius 2 is 2.16 bits per heavy atom. The first-order valence-electron chi connectivity index (χ1n) is 6.69. The van der Waals surface area contributed by atoms with Crippen molar-refractivity contribution < 1.29 is 9.53 Å². The van der Waals surface area contributed by atoms with Crippen LogP contribution in [0.3, 0.4) is 0 Å². The van der Waals surface area contributed by atoms with Crippen molar-refractivity contribution in [2.24, 2.45) is 0 Å². The molecule has 2 N–H and O–H groups in total. The SMILES string of the molecule is CCOc1ccc(NC(=O)NC2CCCC2)cc1Cl. The summed E-state index contributed by atoms with van der Waals surface area (Å²) in [5.74, 6) is 0.630. The van der Waals surface area contributed by atoms with Gasteiger partial charge in [-0.15, -0.1) is 0 Å². The molecule has 4 nitrogen and oxygen atoms in total. The Hall–Kier alpha value is -1.42. The van der Waals surface area contributed by atoms with Crippen molar-refractivity contribution >= 4 is 23.3 Å². The van der Waals surface area contributed by atoms with Gasteiger partial charge < -0.3 is 15.4 Å². The molecule has 0 heterocycles. The van der Waals surface area contributed by atoms with E-state index in [-0.39, 0.29) is 6.03 Å². The van der Waals surface area contributed by atoms with Gasteiger partial charge in [0.25, 0.3) is 0 Å². The van der Waals surface area contributed by atoms with Gasteiger partial charge in [0.2, 0.25) is 0 Å². The maximum atomic E-state index is 11.8. The molecule has 0 atom stereocenters. The molecule has 0 bridgehead atoms. The van der Waals surface area contributed by atoms with E-state index in [0.29, 0.717) is 29.1 Å². The summed E-state index contributed by atoms with van der Waals surface area (Å²) < 4.78 is 5.34. The average molecular weight is 283 g/mol. The molecule has 1 aromatic rings. The van der Waals surface area contributed by atoms with Crippen molar-refractivity contribution in [2.75, 3.05) is 11.9 Å². The Kier molecular flexibility index (Phi) is 4.91. The lowest BCUT2D eigenvalue weighted by atomic mass is 10.2. The lowest BCUT2D eigenvalue weighted by Crippen LogP contribution is -2.36. The van der Waals surface area contributed by atoms with Gasteiger partial charge in [-0.1, -0.05) is 24.4 Å². The fourth-order valence-corrected chi connectivity index (χ4v) is 2.51. The fraction of sp³-hybridized carbons (Fsp3) is 0.500. The van der Waals surface area contributed by atoms with E-state index in [1.165, 1.54) is 12.8 Å². The van der Waals surface area contributed by atoms with Crippen LogP contribution in [0.15, 0.2) is 18.2 Å². The Morgan fingerprint density at radius 1 is 1.42 bits per heavy atom. The number of amides is 2. The molecule has 1 fully saturated rings. The maximum Gasteiger partial charge on any atom is 0.319 e. The third-order valence-corrected chi connectivity index (χ3v) is 3.48. The molecule has 1 aliphatic rings. The zero-order valence-electron chi connectivity index (χ0n) is 11.0. The molecule has 1 aromatic carbocycles. The zero-order chi connectivity index (χ0) is 13.7. The number of ether oxygens (including phenoxy) is 1. The third-order valence-electron chi connectivity index (χ3n) is 3.18. The molecule has 0 spiro atoms. The normalized spacial score (nSPS) is 15.3. The molecule has 0 saturated heterocycles. The molecule has 0 aliphatic heterocycles. The van der Waals surface area contributed by atoms with E-state index in [4.69, 9.17) is 16.3 Å². The van der Waals surface area contributed by atoms with Crippen molar-refractivity contribution in [3.8, 4) is 5.75 Å². The highest BCUT2D eigenvalue weighted by Crippen LogP contribution is 2.27. The van der Waals surface area contributed by atoms with Gasteiger partial charge in [-0.2, -0.15) is 0 Å². The molecular weight excluding hydrogens is 264 g/mol. The average Bonchev–Trinajstić information content (AvgIpc) is 2.85. The van der Waals surface area contributed by atoms with Gasteiger partial charge in [0.15, 0.2) is 0 Å². The molecule has 104 valence electrons. The van der Waals surface area contributed by atoms with Crippen molar-refractivity contribution in [3.63, 3.8) is 0 Å². The number of carbonyl (C=O) groups excluding carboxylic acids is 1. The van der Waals surface area contributed by atoms with E-state index >= 15 is 0 Å². The van der Waals surface area contributed by atoms with Crippen LogP contribution in [-0.2, 0) is 0 Å². The van der Waals surface area contributed by atoms with Crippen LogP contribution in [0, 0.1) is 0 Å². The van der Waals surface area contributed by atoms with Crippen LogP contribution < -0.4 is 15.4 Å². The van der Waals surface area contributed by atoms with Crippen molar-refractivity contribution in [1.29, 1.82) is 0 Å². The second kappa shape index (κ2) is 6.66. The quantitative estimate of drug-likeness (QED) is 0.882. The van der Waals surface area contributed by atoms with Crippen LogP contribution in [0.2, 0.25) is 5.02 Å². The largest absolute Gasteiger partial charge is 0.492 e. The summed E-state index contributed by atoms with van der Waals surface area (Å²) in [4.78, 5) is 11.8. The van der Waals surface area contributed by atoms with Crippen LogP contribution in [0.25, 0.3) is 0 Å². The van der Waals surface area contributed by atoms with Crippen LogP contribution in [-0.4, -0.2) is 18.7 Å². The van der Waals surface area contributed by atoms with Gasteiger partial charge in [-0.05, 0) is 38.0 Å². The van der Waals surface area contributed by atoms with Crippen molar-refractivity contribution in [3.05, 3.63) is 23.2 Å². The van der Waals surface area contributed by atoms with E-state index in [1.807, 2.05) is 6.92 Å². The summed E-state index contributed by atoms with van der Waals surface area (Å²) in [6.07, 6.45) is 4.52. The molecule has 19 heavy (non-hydrogen) atoms. The van der Waals surface area contributed by atoms with Gasteiger partial charge in [0.1, 0.15) is 5.75 Å². The second-order valence-electron chi connectivity index (χ2n) is 4.66. The summed E-state index contributed by atoms with van der Waals surface area (Å²) in [6.45, 7) is 2.46. The van der Waals surface area contributed by atoms with E-state index in [9.17, 15) is 4.79 Å². The number of nitrogens with one attached hydrogen (secondary N) is 2. The molecule has 2 rings (SSSR count). The van der Waals surface area contributed by atoms with E-state index in [0.717, 1.165) is 12.8 Å². The molecule has 0 radical (unpaired) electrons. The minimum Gasteiger partial charge on any atom is -0.492 e. The lowest BCUT2D eigenvalue weighted by Gasteiger charge is -2.13. The first-order chi connectivity index (χ1) is 9.19.